The summed E-state index contributed by atoms with van der Waals surface area (Å²) in [5, 5.41) is 0. The van der Waals surface area contributed by atoms with Crippen LogP contribution in [0.1, 0.15) is 26.7 Å². The summed E-state index contributed by atoms with van der Waals surface area (Å²) in [7, 11) is 0. The molecule has 0 spiro atoms. The molecule has 0 fully saturated rings. The lowest BCUT2D eigenvalue weighted by Gasteiger charge is -2.26. The lowest BCUT2D eigenvalue weighted by Crippen LogP contribution is -2.44. The first-order valence-corrected chi connectivity index (χ1v) is 6.16. The molecule has 0 saturated heterocycles. The van der Waals surface area contributed by atoms with E-state index >= 15 is 0 Å². The van der Waals surface area contributed by atoms with Gasteiger partial charge < -0.3 is 10.5 Å². The molecule has 2 rings (SSSR count). The Bertz CT molecular complexity index is 525. The van der Waals surface area contributed by atoms with Crippen molar-refractivity contribution in [2.24, 2.45) is 5.73 Å². The predicted molar refractivity (Wildman–Crippen MR) is 70.3 cm³/mol. The number of pyridine rings is 1. The molecule has 0 amide bonds. The van der Waals surface area contributed by atoms with E-state index in [-0.39, 0.29) is 5.54 Å². The van der Waals surface area contributed by atoms with E-state index in [9.17, 15) is 0 Å². The summed E-state index contributed by atoms with van der Waals surface area (Å²) >= 11 is 0. The molecule has 5 nitrogen and oxygen atoms in total. The molecule has 2 N–H and O–H groups in total. The van der Waals surface area contributed by atoms with Gasteiger partial charge in [0.15, 0.2) is 5.65 Å². The van der Waals surface area contributed by atoms with Crippen LogP contribution in [0.2, 0.25) is 0 Å². The van der Waals surface area contributed by atoms with Crippen molar-refractivity contribution >= 4 is 11.2 Å². The third kappa shape index (κ3) is 2.73. The SMILES string of the molecule is CCC(N)(CC)COc1ccc2nccnc2n1. The molecule has 0 bridgehead atoms. The van der Waals surface area contributed by atoms with Crippen LogP contribution in [0.15, 0.2) is 24.5 Å². The van der Waals surface area contributed by atoms with E-state index < -0.39 is 0 Å². The molecule has 0 atom stereocenters. The van der Waals surface area contributed by atoms with Crippen LogP contribution in [0.4, 0.5) is 0 Å². The number of nitrogens with zero attached hydrogens (tertiary/aromatic N) is 3. The van der Waals surface area contributed by atoms with Gasteiger partial charge in [0, 0.05) is 24.0 Å². The van der Waals surface area contributed by atoms with Crippen LogP contribution >= 0.6 is 0 Å². The fraction of sp³-hybridized carbons (Fsp3) is 0.462. The highest BCUT2D eigenvalue weighted by molar-refractivity contribution is 5.69. The normalized spacial score (nSPS) is 11.7. The van der Waals surface area contributed by atoms with Gasteiger partial charge in [-0.05, 0) is 18.9 Å². The van der Waals surface area contributed by atoms with E-state index in [1.807, 2.05) is 6.07 Å². The zero-order valence-electron chi connectivity index (χ0n) is 10.8. The number of nitrogens with two attached hydrogens (primary N) is 1. The molecule has 0 saturated carbocycles. The Balaban J connectivity index is 2.12. The molecule has 0 unspecified atom stereocenters. The Hall–Kier alpha value is -1.75. The van der Waals surface area contributed by atoms with Gasteiger partial charge in [-0.3, -0.25) is 4.98 Å². The van der Waals surface area contributed by atoms with Crippen molar-refractivity contribution in [3.05, 3.63) is 24.5 Å². The molecule has 2 aromatic heterocycles. The molecule has 2 aromatic rings. The molecule has 0 aliphatic heterocycles. The van der Waals surface area contributed by atoms with Crippen LogP contribution in [0, 0.1) is 0 Å². The van der Waals surface area contributed by atoms with E-state index in [4.69, 9.17) is 10.5 Å². The zero-order chi connectivity index (χ0) is 13.0. The Kier molecular flexibility index (Phi) is 3.72. The van der Waals surface area contributed by atoms with Crippen molar-refractivity contribution in [2.45, 2.75) is 32.2 Å². The highest BCUT2D eigenvalue weighted by Gasteiger charge is 2.21. The van der Waals surface area contributed by atoms with Gasteiger partial charge in [-0.1, -0.05) is 13.8 Å². The van der Waals surface area contributed by atoms with E-state index in [0.29, 0.717) is 18.1 Å². The first kappa shape index (κ1) is 12.7. The van der Waals surface area contributed by atoms with Crippen LogP contribution in [-0.4, -0.2) is 27.1 Å². The minimum absolute atomic E-state index is 0.293. The van der Waals surface area contributed by atoms with Gasteiger partial charge in [0.05, 0.1) is 0 Å². The molecular formula is C13H18N4O. The smallest absolute Gasteiger partial charge is 0.215 e. The summed E-state index contributed by atoms with van der Waals surface area (Å²) in [4.78, 5) is 12.6. The van der Waals surface area contributed by atoms with E-state index in [1.54, 1.807) is 18.5 Å². The minimum Gasteiger partial charge on any atom is -0.476 e. The zero-order valence-corrected chi connectivity index (χ0v) is 10.8. The highest BCUT2D eigenvalue weighted by Crippen LogP contribution is 2.16. The third-order valence-electron chi connectivity index (χ3n) is 3.22. The maximum Gasteiger partial charge on any atom is 0.215 e. The first-order chi connectivity index (χ1) is 8.67. The quantitative estimate of drug-likeness (QED) is 0.872. The molecule has 0 aliphatic rings. The highest BCUT2D eigenvalue weighted by atomic mass is 16.5. The standard InChI is InChI=1S/C13H18N4O/c1-3-13(14,4-2)9-18-11-6-5-10-12(17-11)16-8-7-15-10/h5-8H,3-4,9,14H2,1-2H3. The Morgan fingerprint density at radius 3 is 2.61 bits per heavy atom. The summed E-state index contributed by atoms with van der Waals surface area (Å²) in [6, 6.07) is 3.64. The largest absolute Gasteiger partial charge is 0.476 e. The summed E-state index contributed by atoms with van der Waals surface area (Å²) in [6.45, 7) is 4.58. The Morgan fingerprint density at radius 2 is 1.89 bits per heavy atom. The predicted octanol–water partition coefficient (Wildman–Crippen LogP) is 1.92. The second-order valence-electron chi connectivity index (χ2n) is 4.41. The molecule has 18 heavy (non-hydrogen) atoms. The average molecular weight is 246 g/mol. The Morgan fingerprint density at radius 1 is 1.17 bits per heavy atom. The molecule has 0 radical (unpaired) electrons. The minimum atomic E-state index is -0.293. The van der Waals surface area contributed by atoms with Crippen molar-refractivity contribution in [2.75, 3.05) is 6.61 Å². The average Bonchev–Trinajstić information content (AvgIpc) is 2.44. The fourth-order valence-electron chi connectivity index (χ4n) is 1.59. The van der Waals surface area contributed by atoms with Crippen LogP contribution in [0.25, 0.3) is 11.2 Å². The van der Waals surface area contributed by atoms with Gasteiger partial charge in [0.25, 0.3) is 0 Å². The molecule has 96 valence electrons. The maximum absolute atomic E-state index is 6.18. The van der Waals surface area contributed by atoms with Gasteiger partial charge in [-0.15, -0.1) is 0 Å². The van der Waals surface area contributed by atoms with E-state index in [1.165, 1.54) is 0 Å². The monoisotopic (exact) mass is 246 g/mol. The number of hydrogen-bond donors (Lipinski definition) is 1. The molecule has 2 heterocycles. The van der Waals surface area contributed by atoms with Crippen LogP contribution in [0.5, 0.6) is 5.88 Å². The second-order valence-corrected chi connectivity index (χ2v) is 4.41. The van der Waals surface area contributed by atoms with Gasteiger partial charge in [0.2, 0.25) is 5.88 Å². The van der Waals surface area contributed by atoms with E-state index in [2.05, 4.69) is 28.8 Å². The number of hydrogen-bond acceptors (Lipinski definition) is 5. The number of ether oxygens (including phenoxy) is 1. The number of fused-ring (bicyclic) bond motifs is 1. The van der Waals surface area contributed by atoms with Crippen molar-refractivity contribution < 1.29 is 4.74 Å². The topological polar surface area (TPSA) is 73.9 Å². The van der Waals surface area contributed by atoms with Crippen LogP contribution in [0.3, 0.4) is 0 Å². The summed E-state index contributed by atoms with van der Waals surface area (Å²) in [5.41, 5.74) is 7.23. The van der Waals surface area contributed by atoms with Gasteiger partial charge in [-0.2, -0.15) is 4.98 Å². The Labute approximate surface area is 106 Å². The van der Waals surface area contributed by atoms with Crippen molar-refractivity contribution in [1.82, 2.24) is 15.0 Å². The molecule has 0 aliphatic carbocycles. The fourth-order valence-corrected chi connectivity index (χ4v) is 1.59. The number of aromatic nitrogens is 3. The number of rotatable bonds is 5. The van der Waals surface area contributed by atoms with Crippen molar-refractivity contribution in [1.29, 1.82) is 0 Å². The lowest BCUT2D eigenvalue weighted by molar-refractivity contribution is 0.201. The molecule has 5 heteroatoms. The molecule has 0 aromatic carbocycles. The van der Waals surface area contributed by atoms with Crippen molar-refractivity contribution in [3.8, 4) is 5.88 Å². The van der Waals surface area contributed by atoms with Crippen LogP contribution in [-0.2, 0) is 0 Å². The maximum atomic E-state index is 6.18. The summed E-state index contributed by atoms with van der Waals surface area (Å²) in [6.07, 6.45) is 5.00. The van der Waals surface area contributed by atoms with Gasteiger partial charge in [-0.25, -0.2) is 4.98 Å². The van der Waals surface area contributed by atoms with Crippen LogP contribution < -0.4 is 10.5 Å². The first-order valence-electron chi connectivity index (χ1n) is 6.16. The van der Waals surface area contributed by atoms with Crippen molar-refractivity contribution in [3.63, 3.8) is 0 Å². The molecular weight excluding hydrogens is 228 g/mol. The summed E-state index contributed by atoms with van der Waals surface area (Å²) in [5.74, 6) is 0.541. The van der Waals surface area contributed by atoms with Gasteiger partial charge >= 0.3 is 0 Å². The summed E-state index contributed by atoms with van der Waals surface area (Å²) < 4.78 is 5.66. The van der Waals surface area contributed by atoms with E-state index in [0.717, 1.165) is 18.4 Å². The lowest BCUT2D eigenvalue weighted by atomic mass is 9.96. The van der Waals surface area contributed by atoms with Gasteiger partial charge in [0.1, 0.15) is 12.1 Å². The second kappa shape index (κ2) is 5.27. The third-order valence-corrected chi connectivity index (χ3v) is 3.22.